The van der Waals surface area contributed by atoms with Gasteiger partial charge in [-0.1, -0.05) is 0 Å². The SMILES string of the molecule is CCOC(=O)C12CNCC(C1)C2. The molecule has 0 amide bonds. The summed E-state index contributed by atoms with van der Waals surface area (Å²) in [5.74, 6) is 0.733. The summed E-state index contributed by atoms with van der Waals surface area (Å²) in [4.78, 5) is 11.5. The molecule has 0 aromatic carbocycles. The molecule has 3 rings (SSSR count). The van der Waals surface area contributed by atoms with Crippen LogP contribution >= 0.6 is 0 Å². The van der Waals surface area contributed by atoms with Crippen molar-refractivity contribution in [2.24, 2.45) is 11.3 Å². The Bertz CT molecular complexity index is 191. The highest BCUT2D eigenvalue weighted by Crippen LogP contribution is 2.48. The Balaban J connectivity index is 1.98. The number of ether oxygens (including phenoxy) is 1. The average molecular weight is 169 g/mol. The Morgan fingerprint density at radius 1 is 1.67 bits per heavy atom. The zero-order valence-electron chi connectivity index (χ0n) is 7.43. The van der Waals surface area contributed by atoms with E-state index in [2.05, 4.69) is 5.32 Å². The minimum Gasteiger partial charge on any atom is -0.466 e. The fraction of sp³-hybridized carbons (Fsp3) is 0.889. The van der Waals surface area contributed by atoms with Gasteiger partial charge in [0.2, 0.25) is 0 Å². The smallest absolute Gasteiger partial charge is 0.313 e. The summed E-state index contributed by atoms with van der Waals surface area (Å²) in [6.45, 7) is 4.27. The van der Waals surface area contributed by atoms with Gasteiger partial charge in [-0.2, -0.15) is 0 Å². The van der Waals surface area contributed by atoms with Gasteiger partial charge in [0.05, 0.1) is 12.0 Å². The summed E-state index contributed by atoms with van der Waals surface area (Å²) < 4.78 is 5.04. The highest BCUT2D eigenvalue weighted by molar-refractivity contribution is 5.78. The van der Waals surface area contributed by atoms with Crippen LogP contribution in [0.4, 0.5) is 0 Å². The van der Waals surface area contributed by atoms with Crippen LogP contribution in [0, 0.1) is 11.3 Å². The monoisotopic (exact) mass is 169 g/mol. The van der Waals surface area contributed by atoms with Crippen LogP contribution in [0.15, 0.2) is 0 Å². The number of nitrogens with one attached hydrogen (secondary N) is 1. The number of carbonyl (C=O) groups is 1. The molecule has 1 aliphatic carbocycles. The van der Waals surface area contributed by atoms with Gasteiger partial charge in [0.1, 0.15) is 0 Å². The van der Waals surface area contributed by atoms with Gasteiger partial charge in [-0.15, -0.1) is 0 Å². The second kappa shape index (κ2) is 2.73. The molecular weight excluding hydrogens is 154 g/mol. The van der Waals surface area contributed by atoms with Gasteiger partial charge >= 0.3 is 5.97 Å². The number of hydrogen-bond donors (Lipinski definition) is 1. The molecule has 3 fully saturated rings. The van der Waals surface area contributed by atoms with Crippen molar-refractivity contribution >= 4 is 5.97 Å². The van der Waals surface area contributed by atoms with E-state index in [-0.39, 0.29) is 11.4 Å². The van der Waals surface area contributed by atoms with E-state index in [1.54, 1.807) is 0 Å². The maximum Gasteiger partial charge on any atom is 0.313 e. The van der Waals surface area contributed by atoms with E-state index in [1.165, 1.54) is 0 Å². The molecule has 2 bridgehead atoms. The lowest BCUT2D eigenvalue weighted by Gasteiger charge is -2.50. The lowest BCUT2D eigenvalue weighted by Crippen LogP contribution is -2.59. The molecular formula is C9H15NO2. The van der Waals surface area contributed by atoms with E-state index in [9.17, 15) is 4.79 Å². The Hall–Kier alpha value is -0.570. The van der Waals surface area contributed by atoms with E-state index in [1.807, 2.05) is 6.92 Å². The van der Waals surface area contributed by atoms with E-state index in [0.29, 0.717) is 6.61 Å². The molecule has 1 N–H and O–H groups in total. The topological polar surface area (TPSA) is 38.3 Å². The maximum absolute atomic E-state index is 11.5. The van der Waals surface area contributed by atoms with Gasteiger partial charge in [0, 0.05) is 6.54 Å². The molecule has 0 spiro atoms. The summed E-state index contributed by atoms with van der Waals surface area (Å²) in [6, 6.07) is 0. The highest BCUT2D eigenvalue weighted by atomic mass is 16.5. The molecule has 0 aromatic rings. The average Bonchev–Trinajstić information content (AvgIpc) is 2.04. The van der Waals surface area contributed by atoms with E-state index < -0.39 is 0 Å². The second-order valence-electron chi connectivity index (χ2n) is 3.91. The number of esters is 1. The molecule has 68 valence electrons. The number of rotatable bonds is 2. The fourth-order valence-electron chi connectivity index (χ4n) is 2.37. The van der Waals surface area contributed by atoms with Crippen molar-refractivity contribution in [3.63, 3.8) is 0 Å². The molecule has 0 aromatic heterocycles. The van der Waals surface area contributed by atoms with Crippen molar-refractivity contribution in [2.45, 2.75) is 19.8 Å². The number of hydrogen-bond acceptors (Lipinski definition) is 3. The highest BCUT2D eigenvalue weighted by Gasteiger charge is 2.53. The van der Waals surface area contributed by atoms with E-state index in [4.69, 9.17) is 4.74 Å². The molecule has 1 saturated carbocycles. The van der Waals surface area contributed by atoms with Crippen LogP contribution in [0.2, 0.25) is 0 Å². The Kier molecular flexibility index (Phi) is 1.83. The van der Waals surface area contributed by atoms with Crippen LogP contribution in [0.5, 0.6) is 0 Å². The van der Waals surface area contributed by atoms with Crippen molar-refractivity contribution in [1.29, 1.82) is 0 Å². The fourth-order valence-corrected chi connectivity index (χ4v) is 2.37. The van der Waals surface area contributed by atoms with Crippen molar-refractivity contribution < 1.29 is 9.53 Å². The summed E-state index contributed by atoms with van der Waals surface area (Å²) in [5.41, 5.74) is -0.140. The molecule has 2 aliphatic heterocycles. The predicted molar refractivity (Wildman–Crippen MR) is 44.7 cm³/mol. The molecule has 12 heavy (non-hydrogen) atoms. The van der Waals surface area contributed by atoms with Gasteiger partial charge in [0.25, 0.3) is 0 Å². The first-order valence-electron chi connectivity index (χ1n) is 4.65. The summed E-state index contributed by atoms with van der Waals surface area (Å²) in [7, 11) is 0. The Labute approximate surface area is 72.5 Å². The van der Waals surface area contributed by atoms with E-state index >= 15 is 0 Å². The molecule has 3 heteroatoms. The first-order chi connectivity index (χ1) is 5.77. The molecule has 2 saturated heterocycles. The predicted octanol–water partition coefficient (Wildman–Crippen LogP) is 0.549. The summed E-state index contributed by atoms with van der Waals surface area (Å²) in [6.07, 6.45) is 2.08. The first-order valence-corrected chi connectivity index (χ1v) is 4.65. The molecule has 3 aliphatic rings. The normalized spacial score (nSPS) is 38.6. The Morgan fingerprint density at radius 3 is 2.92 bits per heavy atom. The van der Waals surface area contributed by atoms with Crippen molar-refractivity contribution in [3.8, 4) is 0 Å². The Morgan fingerprint density at radius 2 is 2.42 bits per heavy atom. The quantitative estimate of drug-likeness (QED) is 0.613. The van der Waals surface area contributed by atoms with Crippen molar-refractivity contribution in [1.82, 2.24) is 5.32 Å². The molecule has 0 atom stereocenters. The third-order valence-electron chi connectivity index (χ3n) is 2.96. The van der Waals surface area contributed by atoms with Gasteiger partial charge in [-0.25, -0.2) is 0 Å². The number of piperidine rings is 2. The van der Waals surface area contributed by atoms with E-state index in [0.717, 1.165) is 31.8 Å². The van der Waals surface area contributed by atoms with Gasteiger partial charge in [-0.3, -0.25) is 4.79 Å². The van der Waals surface area contributed by atoms with Crippen LogP contribution < -0.4 is 5.32 Å². The van der Waals surface area contributed by atoms with Gasteiger partial charge in [-0.05, 0) is 32.2 Å². The standard InChI is InChI=1S/C9H15NO2/c1-2-12-8(11)9-3-7(4-9)5-10-6-9/h7,10H,2-6H2,1H3. The summed E-state index contributed by atoms with van der Waals surface area (Å²) in [5, 5.41) is 3.26. The lowest BCUT2D eigenvalue weighted by molar-refractivity contribution is -0.167. The maximum atomic E-state index is 11.5. The van der Waals surface area contributed by atoms with Crippen LogP contribution in [0.3, 0.4) is 0 Å². The zero-order valence-corrected chi connectivity index (χ0v) is 7.43. The van der Waals surface area contributed by atoms with Crippen LogP contribution in [0.1, 0.15) is 19.8 Å². The third-order valence-corrected chi connectivity index (χ3v) is 2.96. The minimum atomic E-state index is -0.140. The lowest BCUT2D eigenvalue weighted by atomic mass is 9.59. The summed E-state index contributed by atoms with van der Waals surface area (Å²) >= 11 is 0. The number of carbonyl (C=O) groups excluding carboxylic acids is 1. The second-order valence-corrected chi connectivity index (χ2v) is 3.91. The van der Waals surface area contributed by atoms with Crippen molar-refractivity contribution in [2.75, 3.05) is 19.7 Å². The number of fused-ring (bicyclic) bond motifs is 2. The van der Waals surface area contributed by atoms with Crippen LogP contribution in [0.25, 0.3) is 0 Å². The van der Waals surface area contributed by atoms with Crippen LogP contribution in [-0.4, -0.2) is 25.7 Å². The van der Waals surface area contributed by atoms with Gasteiger partial charge < -0.3 is 10.1 Å². The molecule has 0 radical (unpaired) electrons. The van der Waals surface area contributed by atoms with Crippen molar-refractivity contribution in [3.05, 3.63) is 0 Å². The molecule has 3 nitrogen and oxygen atoms in total. The van der Waals surface area contributed by atoms with Gasteiger partial charge in [0.15, 0.2) is 0 Å². The first kappa shape index (κ1) is 8.05. The zero-order chi connectivity index (χ0) is 8.60. The third kappa shape index (κ3) is 1.04. The minimum absolute atomic E-state index is 0.00782. The molecule has 0 unspecified atom stereocenters. The van der Waals surface area contributed by atoms with Crippen LogP contribution in [-0.2, 0) is 9.53 Å². The largest absolute Gasteiger partial charge is 0.466 e. The molecule has 2 heterocycles.